The molecule has 6 aromatic carbocycles. The summed E-state index contributed by atoms with van der Waals surface area (Å²) in [5.74, 6) is 0.431. The average Bonchev–Trinajstić information content (AvgIpc) is 3.22. The van der Waals surface area contributed by atoms with Crippen molar-refractivity contribution in [1.82, 2.24) is 9.61 Å². The van der Waals surface area contributed by atoms with E-state index in [1.54, 1.807) is 0 Å². The van der Waals surface area contributed by atoms with Crippen LogP contribution < -0.4 is 0 Å². The number of fused-ring (bicyclic) bond motifs is 6. The number of aryl methyl sites for hydroxylation is 2. The van der Waals surface area contributed by atoms with Gasteiger partial charge in [-0.25, -0.2) is 4.52 Å². The number of aromatic nitrogens is 2. The fraction of sp³-hybridized carbons (Fsp3) is 0.114. The molecule has 2 heterocycles. The third-order valence-electron chi connectivity index (χ3n) is 9.00. The number of pyridine rings is 1. The van der Waals surface area contributed by atoms with Crippen molar-refractivity contribution in [2.75, 3.05) is 0 Å². The monoisotopic (exact) mass is 472 g/mol. The summed E-state index contributed by atoms with van der Waals surface area (Å²) in [5.41, 5.74) is 8.88. The summed E-state index contributed by atoms with van der Waals surface area (Å²) in [4.78, 5) is 0. The van der Waals surface area contributed by atoms with Crippen molar-refractivity contribution < 1.29 is 0 Å². The summed E-state index contributed by atoms with van der Waals surface area (Å²) in [5, 5.41) is 18.4. The van der Waals surface area contributed by atoms with Gasteiger partial charge >= 0.3 is 0 Å². The van der Waals surface area contributed by atoms with Gasteiger partial charge in [0, 0.05) is 21.5 Å². The Bertz CT molecular complexity index is 2330. The minimum absolute atomic E-state index is 0.431. The lowest BCUT2D eigenvalue weighted by atomic mass is 9.86. The standard InChI is InChI=1S/C35H24N2/c1-18-8-10-22-20(3)23-12-14-27-29-15-13-24-19(2)21-6-4-5-7-28(21)34-33(24)35(29)37(36-34)30-17-16-26(25(22)11-9-18)31(23)32(27)30/h4-18H,1-3H3. The first kappa shape index (κ1) is 19.7. The molecule has 0 bridgehead atoms. The van der Waals surface area contributed by atoms with Crippen LogP contribution in [-0.2, 0) is 0 Å². The molecule has 0 N–H and O–H groups in total. The van der Waals surface area contributed by atoms with Gasteiger partial charge in [0.05, 0.1) is 11.0 Å². The molecular weight excluding hydrogens is 448 g/mol. The van der Waals surface area contributed by atoms with Crippen LogP contribution in [-0.4, -0.2) is 9.61 Å². The van der Waals surface area contributed by atoms with Crippen molar-refractivity contribution in [1.29, 1.82) is 0 Å². The molecule has 0 saturated heterocycles. The maximum Gasteiger partial charge on any atom is 0.102 e. The zero-order valence-electron chi connectivity index (χ0n) is 21.1. The molecule has 2 aromatic heterocycles. The van der Waals surface area contributed by atoms with Crippen molar-refractivity contribution in [3.05, 3.63) is 95.1 Å². The van der Waals surface area contributed by atoms with Gasteiger partial charge in [0.15, 0.2) is 0 Å². The molecule has 0 fully saturated rings. The summed E-state index contributed by atoms with van der Waals surface area (Å²) in [6, 6.07) is 22.7. The summed E-state index contributed by atoms with van der Waals surface area (Å²) >= 11 is 0. The Labute approximate surface area is 213 Å². The first-order valence-electron chi connectivity index (χ1n) is 13.2. The van der Waals surface area contributed by atoms with E-state index in [2.05, 4.69) is 110 Å². The van der Waals surface area contributed by atoms with E-state index < -0.39 is 0 Å². The fourth-order valence-electron chi connectivity index (χ4n) is 7.17. The van der Waals surface area contributed by atoms with Crippen molar-refractivity contribution in [2.24, 2.45) is 5.92 Å². The predicted molar refractivity (Wildman–Crippen MR) is 159 cm³/mol. The van der Waals surface area contributed by atoms with Crippen LogP contribution in [0.5, 0.6) is 0 Å². The smallest absolute Gasteiger partial charge is 0.102 e. The second-order valence-corrected chi connectivity index (χ2v) is 10.9. The van der Waals surface area contributed by atoms with E-state index in [-0.39, 0.29) is 0 Å². The Hall–Kier alpha value is -4.43. The van der Waals surface area contributed by atoms with Crippen LogP contribution in [0, 0.1) is 19.8 Å². The van der Waals surface area contributed by atoms with E-state index in [1.165, 1.54) is 87.1 Å². The topological polar surface area (TPSA) is 17.3 Å². The molecule has 0 aliphatic heterocycles. The highest BCUT2D eigenvalue weighted by Crippen LogP contribution is 2.46. The number of rotatable bonds is 0. The van der Waals surface area contributed by atoms with E-state index in [1.807, 2.05) is 0 Å². The van der Waals surface area contributed by atoms with E-state index in [4.69, 9.17) is 5.10 Å². The molecular formula is C35H24N2. The lowest BCUT2D eigenvalue weighted by molar-refractivity contribution is 0.954. The van der Waals surface area contributed by atoms with Gasteiger partial charge in [0.25, 0.3) is 0 Å². The third-order valence-corrected chi connectivity index (χ3v) is 9.00. The van der Waals surface area contributed by atoms with Crippen LogP contribution in [0.25, 0.3) is 82.6 Å². The van der Waals surface area contributed by atoms with Crippen molar-refractivity contribution in [2.45, 2.75) is 20.8 Å². The zero-order valence-corrected chi connectivity index (χ0v) is 21.1. The molecule has 37 heavy (non-hydrogen) atoms. The molecule has 2 heteroatoms. The van der Waals surface area contributed by atoms with E-state index >= 15 is 0 Å². The molecule has 0 spiro atoms. The summed E-state index contributed by atoms with van der Waals surface area (Å²) in [6.45, 7) is 6.78. The molecule has 1 aliphatic carbocycles. The second kappa shape index (κ2) is 6.46. The van der Waals surface area contributed by atoms with Gasteiger partial charge in [-0.05, 0) is 80.4 Å². The van der Waals surface area contributed by atoms with Gasteiger partial charge in [-0.2, -0.15) is 5.10 Å². The fourth-order valence-corrected chi connectivity index (χ4v) is 7.17. The SMILES string of the molecule is Cc1c2c(c3ccc4c5c(ccc1c35)c1ccc3c(C)c5ccccc5c5nn4c1c35)C=CC(C)C=C2. The molecule has 0 saturated carbocycles. The largest absolute Gasteiger partial charge is 0.231 e. The lowest BCUT2D eigenvalue weighted by Crippen LogP contribution is -1.98. The van der Waals surface area contributed by atoms with Crippen LogP contribution in [0.15, 0.2) is 72.8 Å². The highest BCUT2D eigenvalue weighted by atomic mass is 15.2. The molecule has 0 amide bonds. The van der Waals surface area contributed by atoms with Gasteiger partial charge in [-0.15, -0.1) is 0 Å². The number of nitrogens with zero attached hydrogens (tertiary/aromatic N) is 2. The summed E-state index contributed by atoms with van der Waals surface area (Å²) < 4.78 is 2.24. The Morgan fingerprint density at radius 3 is 2.11 bits per heavy atom. The van der Waals surface area contributed by atoms with E-state index in [0.717, 1.165) is 5.52 Å². The first-order valence-corrected chi connectivity index (χ1v) is 13.2. The van der Waals surface area contributed by atoms with Crippen molar-refractivity contribution in [3.8, 4) is 0 Å². The molecule has 174 valence electrons. The van der Waals surface area contributed by atoms with Gasteiger partial charge in [0.2, 0.25) is 0 Å². The molecule has 8 aromatic rings. The highest BCUT2D eigenvalue weighted by molar-refractivity contribution is 6.34. The van der Waals surface area contributed by atoms with E-state index in [9.17, 15) is 0 Å². The molecule has 1 unspecified atom stereocenters. The maximum atomic E-state index is 5.34. The van der Waals surface area contributed by atoms with Crippen LogP contribution in [0.2, 0.25) is 0 Å². The van der Waals surface area contributed by atoms with Crippen LogP contribution >= 0.6 is 0 Å². The number of hydrogen-bond donors (Lipinski definition) is 0. The van der Waals surface area contributed by atoms with E-state index in [0.29, 0.717) is 5.92 Å². The summed E-state index contributed by atoms with van der Waals surface area (Å²) in [7, 11) is 0. The quantitative estimate of drug-likeness (QED) is 0.159. The predicted octanol–water partition coefficient (Wildman–Crippen LogP) is 9.42. The lowest BCUT2D eigenvalue weighted by Gasteiger charge is -2.19. The normalized spacial score (nSPS) is 16.0. The Kier molecular flexibility index (Phi) is 3.44. The van der Waals surface area contributed by atoms with Gasteiger partial charge < -0.3 is 0 Å². The maximum absolute atomic E-state index is 5.34. The first-order chi connectivity index (χ1) is 18.1. The Balaban J connectivity index is 1.57. The molecule has 9 rings (SSSR count). The van der Waals surface area contributed by atoms with Crippen LogP contribution in [0.1, 0.15) is 29.2 Å². The molecule has 0 radical (unpaired) electrons. The molecule has 1 atom stereocenters. The molecule has 1 aliphatic rings. The van der Waals surface area contributed by atoms with Crippen molar-refractivity contribution in [3.63, 3.8) is 0 Å². The Morgan fingerprint density at radius 2 is 1.27 bits per heavy atom. The number of benzene rings is 6. The Morgan fingerprint density at radius 1 is 0.595 bits per heavy atom. The summed E-state index contributed by atoms with van der Waals surface area (Å²) in [6.07, 6.45) is 9.29. The third kappa shape index (κ3) is 2.22. The van der Waals surface area contributed by atoms with Gasteiger partial charge in [0.1, 0.15) is 5.52 Å². The van der Waals surface area contributed by atoms with Gasteiger partial charge in [-0.3, -0.25) is 0 Å². The second-order valence-electron chi connectivity index (χ2n) is 10.9. The highest BCUT2D eigenvalue weighted by Gasteiger charge is 2.23. The minimum Gasteiger partial charge on any atom is -0.231 e. The minimum atomic E-state index is 0.431. The van der Waals surface area contributed by atoms with Crippen molar-refractivity contribution >= 4 is 82.6 Å². The van der Waals surface area contributed by atoms with Gasteiger partial charge in [-0.1, -0.05) is 85.8 Å². The van der Waals surface area contributed by atoms with Crippen LogP contribution in [0.3, 0.4) is 0 Å². The number of allylic oxidation sites excluding steroid dienone is 2. The van der Waals surface area contributed by atoms with Crippen LogP contribution in [0.4, 0.5) is 0 Å². The average molecular weight is 473 g/mol. The zero-order chi connectivity index (χ0) is 24.6. The number of hydrogen-bond acceptors (Lipinski definition) is 1. The molecule has 2 nitrogen and oxygen atoms in total.